The number of nitrogens with zero attached hydrogens (tertiary/aromatic N) is 4. The molecule has 4 rings (SSSR count). The molecule has 0 saturated carbocycles. The van der Waals surface area contributed by atoms with Crippen LogP contribution in [0.3, 0.4) is 0 Å². The maximum absolute atomic E-state index is 4.58. The highest BCUT2D eigenvalue weighted by Gasteiger charge is 2.07. The molecule has 0 amide bonds. The van der Waals surface area contributed by atoms with Crippen molar-refractivity contribution in [3.05, 3.63) is 66.6 Å². The quantitative estimate of drug-likeness (QED) is 0.562. The lowest BCUT2D eigenvalue weighted by Crippen LogP contribution is -1.86. The van der Waals surface area contributed by atoms with Crippen LogP contribution in [0.2, 0.25) is 0 Å². The lowest BCUT2D eigenvalue weighted by molar-refractivity contribution is 1.20. The average Bonchev–Trinajstić information content (AvgIpc) is 3.05. The van der Waals surface area contributed by atoms with Crippen LogP contribution in [0, 0.1) is 6.92 Å². The zero-order chi connectivity index (χ0) is 14.2. The molecule has 3 heterocycles. The molecule has 0 spiro atoms. The Kier molecular flexibility index (Phi) is 2.60. The second kappa shape index (κ2) is 4.59. The van der Waals surface area contributed by atoms with Gasteiger partial charge in [0.25, 0.3) is 0 Å². The molecule has 4 aromatic rings. The first-order chi connectivity index (χ1) is 10.3. The molecule has 0 radical (unpaired) electrons. The maximum Gasteiger partial charge on any atom is 0.0730 e. The third-order valence-corrected chi connectivity index (χ3v) is 3.51. The van der Waals surface area contributed by atoms with Gasteiger partial charge < -0.3 is 14.4 Å². The van der Waals surface area contributed by atoms with Crippen molar-refractivity contribution in [2.45, 2.75) is 6.92 Å². The predicted octanol–water partition coefficient (Wildman–Crippen LogP) is 3.33. The van der Waals surface area contributed by atoms with Gasteiger partial charge in [0, 0.05) is 23.4 Å². The largest absolute Gasteiger partial charge is 0.373 e. The van der Waals surface area contributed by atoms with Gasteiger partial charge in [-0.25, -0.2) is 0 Å². The van der Waals surface area contributed by atoms with Gasteiger partial charge in [0.05, 0.1) is 5.69 Å². The van der Waals surface area contributed by atoms with Gasteiger partial charge >= 0.3 is 0 Å². The van der Waals surface area contributed by atoms with E-state index in [1.165, 1.54) is 0 Å². The van der Waals surface area contributed by atoms with E-state index in [9.17, 15) is 0 Å². The van der Waals surface area contributed by atoms with Crippen LogP contribution < -0.4 is 4.98 Å². The van der Waals surface area contributed by atoms with Gasteiger partial charge in [-0.05, 0) is 36.5 Å². The Morgan fingerprint density at radius 2 is 1.81 bits per heavy atom. The maximum atomic E-state index is 4.58. The van der Waals surface area contributed by atoms with Gasteiger partial charge in [-0.2, -0.15) is 0 Å². The highest BCUT2D eigenvalue weighted by Crippen LogP contribution is 2.26. The Hall–Kier alpha value is -2.88. The standard InChI is InChI=1S/C17H13N4/c1-12-16(13-7-3-2-4-8-13)21-11-15(20-17(21)19-12)14-9-5-6-10-18-14/h2-11H,1H3/q-1. The second-order valence-corrected chi connectivity index (χ2v) is 4.92. The summed E-state index contributed by atoms with van der Waals surface area (Å²) in [6.07, 6.45) is 3.77. The van der Waals surface area contributed by atoms with E-state index in [0.717, 1.165) is 28.3 Å². The topological polar surface area (TPSA) is 44.3 Å². The van der Waals surface area contributed by atoms with Crippen molar-refractivity contribution in [1.29, 1.82) is 0 Å². The summed E-state index contributed by atoms with van der Waals surface area (Å²) in [6.45, 7) is 2.01. The van der Waals surface area contributed by atoms with Gasteiger partial charge in [-0.1, -0.05) is 36.4 Å². The highest BCUT2D eigenvalue weighted by molar-refractivity contribution is 5.68. The number of fused-ring (bicyclic) bond motifs is 1. The molecule has 3 aromatic heterocycles. The molecule has 4 heteroatoms. The second-order valence-electron chi connectivity index (χ2n) is 4.92. The normalized spacial score (nSPS) is 11.1. The Morgan fingerprint density at radius 3 is 2.57 bits per heavy atom. The van der Waals surface area contributed by atoms with Crippen LogP contribution in [0.4, 0.5) is 0 Å². The number of benzene rings is 1. The molecule has 0 aliphatic heterocycles. The molecule has 0 bridgehead atoms. The lowest BCUT2D eigenvalue weighted by Gasteiger charge is -2.06. The summed E-state index contributed by atoms with van der Waals surface area (Å²) in [7, 11) is 0. The fraction of sp³-hybridized carbons (Fsp3) is 0.0588. The highest BCUT2D eigenvalue weighted by atomic mass is 15.1. The van der Waals surface area contributed by atoms with Crippen molar-refractivity contribution >= 4 is 5.78 Å². The molecule has 4 nitrogen and oxygen atoms in total. The fourth-order valence-electron chi connectivity index (χ4n) is 2.57. The molecule has 0 N–H and O–H groups in total. The minimum atomic E-state index is 0.715. The predicted molar refractivity (Wildman–Crippen MR) is 81.9 cm³/mol. The number of aromatic nitrogens is 4. The Bertz CT molecular complexity index is 889. The first-order valence-corrected chi connectivity index (χ1v) is 6.82. The van der Waals surface area contributed by atoms with E-state index in [1.54, 1.807) is 6.20 Å². The number of imidazole rings is 2. The molecule has 1 aromatic carbocycles. The molecule has 0 atom stereocenters. The van der Waals surface area contributed by atoms with E-state index in [1.807, 2.05) is 53.9 Å². The molecule has 0 saturated heterocycles. The van der Waals surface area contributed by atoms with E-state index < -0.39 is 0 Å². The number of hydrogen-bond donors (Lipinski definition) is 0. The first-order valence-electron chi connectivity index (χ1n) is 6.82. The molecule has 102 valence electrons. The summed E-state index contributed by atoms with van der Waals surface area (Å²) in [6, 6.07) is 16.1. The Labute approximate surface area is 122 Å². The van der Waals surface area contributed by atoms with Crippen molar-refractivity contribution in [1.82, 2.24) is 19.4 Å². The van der Waals surface area contributed by atoms with Crippen LogP contribution in [0.25, 0.3) is 28.4 Å². The summed E-state index contributed by atoms with van der Waals surface area (Å²) >= 11 is 0. The van der Waals surface area contributed by atoms with E-state index in [-0.39, 0.29) is 0 Å². The monoisotopic (exact) mass is 273 g/mol. The summed E-state index contributed by atoms with van der Waals surface area (Å²) in [5.74, 6) is 0.715. The van der Waals surface area contributed by atoms with Gasteiger partial charge in [0.2, 0.25) is 0 Å². The molecule has 0 unspecified atom stereocenters. The Balaban J connectivity index is 1.93. The summed E-state index contributed by atoms with van der Waals surface area (Å²) < 4.78 is 2.04. The van der Waals surface area contributed by atoms with Crippen molar-refractivity contribution in [3.63, 3.8) is 0 Å². The minimum Gasteiger partial charge on any atom is -0.373 e. The van der Waals surface area contributed by atoms with Crippen LogP contribution in [0.15, 0.2) is 60.9 Å². The number of hydrogen-bond acceptors (Lipinski definition) is 2. The van der Waals surface area contributed by atoms with E-state index in [4.69, 9.17) is 0 Å². The molecule has 21 heavy (non-hydrogen) atoms. The average molecular weight is 273 g/mol. The number of pyridine rings is 1. The van der Waals surface area contributed by atoms with Gasteiger partial charge in [-0.3, -0.25) is 4.98 Å². The molecular formula is C17H13N4-. The third-order valence-electron chi connectivity index (χ3n) is 3.51. The van der Waals surface area contributed by atoms with E-state index >= 15 is 0 Å². The van der Waals surface area contributed by atoms with Crippen LogP contribution in [-0.2, 0) is 0 Å². The zero-order valence-electron chi connectivity index (χ0n) is 11.6. The fourth-order valence-corrected chi connectivity index (χ4v) is 2.57. The summed E-state index contributed by atoms with van der Waals surface area (Å²) in [5, 5.41) is 0. The third kappa shape index (κ3) is 1.92. The zero-order valence-corrected chi connectivity index (χ0v) is 11.6. The molecule has 0 fully saturated rings. The SMILES string of the molecule is Cc1nc2[n-]c(-c3ccccn3)cn2c1-c1ccccc1. The van der Waals surface area contributed by atoms with Crippen molar-refractivity contribution in [2.75, 3.05) is 0 Å². The van der Waals surface area contributed by atoms with Gasteiger partial charge in [-0.15, -0.1) is 0 Å². The molecule has 0 aliphatic rings. The number of rotatable bonds is 2. The van der Waals surface area contributed by atoms with Crippen LogP contribution in [-0.4, -0.2) is 14.4 Å². The molecular weight excluding hydrogens is 260 g/mol. The van der Waals surface area contributed by atoms with E-state index in [0.29, 0.717) is 5.78 Å². The number of aryl methyl sites for hydroxylation is 1. The van der Waals surface area contributed by atoms with Gasteiger partial charge in [0.15, 0.2) is 0 Å². The van der Waals surface area contributed by atoms with Crippen molar-refractivity contribution in [3.8, 4) is 22.6 Å². The van der Waals surface area contributed by atoms with Crippen molar-refractivity contribution in [2.24, 2.45) is 0 Å². The van der Waals surface area contributed by atoms with E-state index in [2.05, 4.69) is 27.1 Å². The smallest absolute Gasteiger partial charge is 0.0730 e. The van der Waals surface area contributed by atoms with Crippen LogP contribution >= 0.6 is 0 Å². The van der Waals surface area contributed by atoms with Crippen LogP contribution in [0.1, 0.15) is 5.69 Å². The molecule has 0 aliphatic carbocycles. The van der Waals surface area contributed by atoms with Gasteiger partial charge in [0.1, 0.15) is 0 Å². The summed E-state index contributed by atoms with van der Waals surface area (Å²) in [4.78, 5) is 13.5. The lowest BCUT2D eigenvalue weighted by atomic mass is 10.1. The summed E-state index contributed by atoms with van der Waals surface area (Å²) in [5.41, 5.74) is 4.91. The van der Waals surface area contributed by atoms with Crippen LogP contribution in [0.5, 0.6) is 0 Å². The first kappa shape index (κ1) is 11.9. The Morgan fingerprint density at radius 1 is 1.00 bits per heavy atom. The van der Waals surface area contributed by atoms with Crippen molar-refractivity contribution < 1.29 is 0 Å². The minimum absolute atomic E-state index is 0.715.